The quantitative estimate of drug-likeness (QED) is 0.189. The van der Waals surface area contributed by atoms with Crippen LogP contribution in [0.15, 0.2) is 18.2 Å². The Morgan fingerprint density at radius 2 is 1.60 bits per heavy atom. The van der Waals surface area contributed by atoms with Crippen LogP contribution in [0.1, 0.15) is 0 Å². The van der Waals surface area contributed by atoms with E-state index in [2.05, 4.69) is 24.3 Å². The summed E-state index contributed by atoms with van der Waals surface area (Å²) in [6.45, 7) is 0.284. The van der Waals surface area contributed by atoms with Gasteiger partial charge in [0.1, 0.15) is 5.52 Å². The fourth-order valence-corrected chi connectivity index (χ4v) is 4.77. The molecule has 0 saturated carbocycles. The first-order valence-corrected chi connectivity index (χ1v) is 11.3. The van der Waals surface area contributed by atoms with E-state index in [1.165, 1.54) is 10.9 Å². The number of hydrogen-bond acceptors (Lipinski definition) is 8. The van der Waals surface area contributed by atoms with E-state index in [9.17, 15) is 35.3 Å². The average molecular weight is 487 g/mol. The minimum absolute atomic E-state index is 0.0861. The molecule has 0 aliphatic rings. The molecule has 0 aliphatic heterocycles. The normalized spacial score (nSPS) is 14.6. The summed E-state index contributed by atoms with van der Waals surface area (Å²) in [7, 11) is -1.73. The van der Waals surface area contributed by atoms with Gasteiger partial charge in [0.25, 0.3) is 5.69 Å². The van der Waals surface area contributed by atoms with Crippen molar-refractivity contribution in [1.29, 1.82) is 0 Å². The molecule has 0 amide bonds. The second kappa shape index (κ2) is 8.35. The molecule has 0 radical (unpaired) electrons. The Hall–Kier alpha value is -1.86. The van der Waals surface area contributed by atoms with Gasteiger partial charge in [0, 0.05) is 41.3 Å². The van der Waals surface area contributed by atoms with Gasteiger partial charge in [0.05, 0.1) is 4.92 Å². The predicted molar refractivity (Wildman–Crippen MR) is 103 cm³/mol. The average Bonchev–Trinajstić information content (AvgIpc) is 2.92. The Morgan fingerprint density at radius 1 is 1.10 bits per heavy atom. The van der Waals surface area contributed by atoms with E-state index in [4.69, 9.17) is 4.84 Å². The minimum atomic E-state index is -10.7. The van der Waals surface area contributed by atoms with Gasteiger partial charge in [0.2, 0.25) is 15.1 Å². The zero-order chi connectivity index (χ0) is 23.6. The van der Waals surface area contributed by atoms with Crippen LogP contribution < -0.4 is 4.84 Å². The number of nitro groups is 1. The van der Waals surface area contributed by atoms with Crippen LogP contribution in [0.5, 0.6) is 0 Å². The summed E-state index contributed by atoms with van der Waals surface area (Å²) < 4.78 is 65.5. The fourth-order valence-electron chi connectivity index (χ4n) is 2.43. The van der Waals surface area contributed by atoms with Crippen molar-refractivity contribution in [3.05, 3.63) is 28.3 Å². The summed E-state index contributed by atoms with van der Waals surface area (Å²) in [6, 6.07) is 4.67. The van der Waals surface area contributed by atoms with E-state index in [1.54, 1.807) is 12.1 Å². The summed E-state index contributed by atoms with van der Waals surface area (Å²) >= 11 is 0. The Kier molecular flexibility index (Phi) is 7.28. The van der Waals surface area contributed by atoms with Gasteiger partial charge in [0.15, 0.2) is 5.52 Å². The zero-order valence-electron chi connectivity index (χ0n) is 16.5. The van der Waals surface area contributed by atoms with E-state index in [0.29, 0.717) is 5.52 Å². The second-order valence-electron chi connectivity index (χ2n) is 6.37. The summed E-state index contributed by atoms with van der Waals surface area (Å²) in [5.41, 5.74) is 0.596. The number of benzene rings is 1. The molecular weight excluding hydrogens is 466 g/mol. The van der Waals surface area contributed by atoms with Gasteiger partial charge < -0.3 is 4.84 Å². The van der Waals surface area contributed by atoms with E-state index in [-0.39, 0.29) is 17.9 Å². The SMILES string of the molecule is CN(C)[PH+](N(C)C)N(C)COn1nnc2c([N+](=O)[O-])cccc21.F[P-](F)(F)(F)(F)F. The number of halogens is 6. The van der Waals surface area contributed by atoms with Crippen molar-refractivity contribution in [2.45, 2.75) is 0 Å². The topological polar surface area (TPSA) is 92.8 Å². The maximum atomic E-state index is 11.0. The van der Waals surface area contributed by atoms with Crippen molar-refractivity contribution >= 4 is 32.9 Å². The second-order valence-corrected chi connectivity index (χ2v) is 11.4. The third-order valence-electron chi connectivity index (χ3n) is 3.14. The first-order chi connectivity index (χ1) is 13.3. The molecule has 0 atom stereocenters. The number of non-ortho nitro benzene ring substituents is 1. The van der Waals surface area contributed by atoms with Crippen LogP contribution in [0.4, 0.5) is 30.9 Å². The summed E-state index contributed by atoms with van der Waals surface area (Å²) in [4.78, 5) is 17.4. The summed E-state index contributed by atoms with van der Waals surface area (Å²) in [6.07, 6.45) is 0. The summed E-state index contributed by atoms with van der Waals surface area (Å²) in [5, 5.41) is 18.7. The molecule has 18 heteroatoms. The van der Waals surface area contributed by atoms with E-state index in [0.717, 1.165) is 0 Å². The van der Waals surface area contributed by atoms with Gasteiger partial charge >= 0.3 is 33.0 Å². The number of rotatable bonds is 7. The number of fused-ring (bicyclic) bond motifs is 1. The molecule has 0 aliphatic carbocycles. The molecule has 174 valence electrons. The van der Waals surface area contributed by atoms with Crippen molar-refractivity contribution in [2.75, 3.05) is 42.0 Å². The number of hydrogen-bond donors (Lipinski definition) is 0. The molecule has 0 saturated heterocycles. The first-order valence-electron chi connectivity index (χ1n) is 7.89. The van der Waals surface area contributed by atoms with Crippen LogP contribution in [-0.4, -0.2) is 76.1 Å². The van der Waals surface area contributed by atoms with Crippen molar-refractivity contribution in [1.82, 2.24) is 29.2 Å². The van der Waals surface area contributed by atoms with Gasteiger partial charge in [-0.15, -0.1) is 9.77 Å². The van der Waals surface area contributed by atoms with Crippen molar-refractivity contribution in [2.24, 2.45) is 0 Å². The molecule has 0 fully saturated rings. The van der Waals surface area contributed by atoms with Gasteiger partial charge in [-0.05, 0) is 11.3 Å². The van der Waals surface area contributed by atoms with Crippen LogP contribution in [-0.2, 0) is 0 Å². The maximum absolute atomic E-state index is 11.0. The number of aromatic nitrogens is 3. The Labute approximate surface area is 168 Å². The molecule has 1 aromatic heterocycles. The van der Waals surface area contributed by atoms with E-state index in [1.807, 2.05) is 35.2 Å². The molecule has 30 heavy (non-hydrogen) atoms. The Balaban J connectivity index is 0.000000553. The van der Waals surface area contributed by atoms with Crippen molar-refractivity contribution < 1.29 is 34.9 Å². The van der Waals surface area contributed by atoms with Gasteiger partial charge in [-0.3, -0.25) is 10.1 Å². The predicted octanol–water partition coefficient (Wildman–Crippen LogP) is 4.12. The standard InChI is InChI=1S/C12H20N7O3P.F6P/c1-15(2)23(16(3)4)17(5)9-22-18-10-7-6-8-11(19(20)21)12(10)13-14-18;1-7(2,3,4,5)6/h6-8H,9H2,1-5H3;/q;-1/p+1. The first kappa shape index (κ1) is 26.2. The molecule has 2 aromatic rings. The fraction of sp³-hybridized carbons (Fsp3) is 0.500. The monoisotopic (exact) mass is 487 g/mol. The van der Waals surface area contributed by atoms with Crippen LogP contribution >= 0.6 is 16.2 Å². The van der Waals surface area contributed by atoms with Gasteiger partial charge in [-0.1, -0.05) is 10.9 Å². The Bertz CT molecular complexity index is 874. The van der Waals surface area contributed by atoms with Crippen LogP contribution in [0.3, 0.4) is 0 Å². The van der Waals surface area contributed by atoms with Gasteiger partial charge in [-0.25, -0.2) is 0 Å². The molecular formula is C12H21F6N7O3P2. The molecule has 2 rings (SSSR count). The molecule has 0 bridgehead atoms. The molecule has 1 aromatic carbocycles. The third-order valence-corrected chi connectivity index (χ3v) is 5.55. The third kappa shape index (κ3) is 9.30. The number of nitro benzene ring substituents is 1. The van der Waals surface area contributed by atoms with E-state index < -0.39 is 21.1 Å². The zero-order valence-corrected chi connectivity index (χ0v) is 18.4. The molecule has 1 heterocycles. The van der Waals surface area contributed by atoms with Crippen molar-refractivity contribution in [3.8, 4) is 0 Å². The van der Waals surface area contributed by atoms with Crippen LogP contribution in [0, 0.1) is 10.1 Å². The van der Waals surface area contributed by atoms with Crippen molar-refractivity contribution in [3.63, 3.8) is 0 Å². The number of nitrogens with zero attached hydrogens (tertiary/aromatic N) is 7. The van der Waals surface area contributed by atoms with Gasteiger partial charge in [-0.2, -0.15) is 9.34 Å². The molecule has 0 unspecified atom stereocenters. The Morgan fingerprint density at radius 3 is 2.03 bits per heavy atom. The van der Waals surface area contributed by atoms with E-state index >= 15 is 0 Å². The molecule has 0 N–H and O–H groups in total. The molecule has 10 nitrogen and oxygen atoms in total. The van der Waals surface area contributed by atoms with Crippen LogP contribution in [0.25, 0.3) is 11.0 Å². The summed E-state index contributed by atoms with van der Waals surface area (Å²) in [5.74, 6) is 0. The van der Waals surface area contributed by atoms with Crippen LogP contribution in [0.2, 0.25) is 0 Å². The molecule has 0 spiro atoms.